The Morgan fingerprint density at radius 1 is 1.44 bits per heavy atom. The Labute approximate surface area is 103 Å². The summed E-state index contributed by atoms with van der Waals surface area (Å²) in [6, 6.07) is 4.87. The van der Waals surface area contributed by atoms with Crippen LogP contribution < -0.4 is 0 Å². The van der Waals surface area contributed by atoms with Gasteiger partial charge in [0.2, 0.25) is 0 Å². The molecule has 1 rings (SSSR count). The number of carboxylic acids is 1. The number of nitrogens with zero attached hydrogens (tertiary/aromatic N) is 1. The molecule has 8 heteroatoms. The van der Waals surface area contributed by atoms with E-state index in [1.807, 2.05) is 0 Å². The number of benzene rings is 1. The number of hydrogen-bond acceptors (Lipinski definition) is 5. The van der Waals surface area contributed by atoms with Gasteiger partial charge < -0.3 is 5.11 Å². The van der Waals surface area contributed by atoms with Gasteiger partial charge in [0.15, 0.2) is 9.84 Å². The first-order chi connectivity index (χ1) is 8.26. The second kappa shape index (κ2) is 5.13. The quantitative estimate of drug-likeness (QED) is 0.637. The van der Waals surface area contributed by atoms with E-state index < -0.39 is 43.0 Å². The van der Waals surface area contributed by atoms with Crippen LogP contribution in [0.2, 0.25) is 0 Å². The Balaban J connectivity index is 3.29. The number of carbonyl (C=O) groups is 1. The molecule has 0 bridgehead atoms. The van der Waals surface area contributed by atoms with E-state index in [2.05, 4.69) is 0 Å². The fraction of sp³-hybridized carbons (Fsp3) is 0.300. The summed E-state index contributed by atoms with van der Waals surface area (Å²) in [4.78, 5) is 20.0. The van der Waals surface area contributed by atoms with E-state index in [0.717, 1.165) is 12.1 Å². The normalized spacial score (nSPS) is 12.9. The lowest BCUT2D eigenvalue weighted by Gasteiger charge is -2.10. The van der Waals surface area contributed by atoms with Crippen molar-refractivity contribution in [3.05, 3.63) is 34.4 Å². The van der Waals surface area contributed by atoms with Crippen LogP contribution in [0, 0.1) is 10.1 Å². The maximum atomic E-state index is 12.0. The molecule has 0 aromatic heterocycles. The third-order valence-corrected chi connectivity index (χ3v) is 4.54. The average Bonchev–Trinajstić information content (AvgIpc) is 2.28. The van der Waals surface area contributed by atoms with Crippen LogP contribution in [0.3, 0.4) is 0 Å². The molecule has 0 aliphatic carbocycles. The van der Waals surface area contributed by atoms with Crippen molar-refractivity contribution in [1.82, 2.24) is 0 Å². The third kappa shape index (κ3) is 2.83. The second-order valence-electron chi connectivity index (χ2n) is 3.68. The summed E-state index contributed by atoms with van der Waals surface area (Å²) < 4.78 is 24.1. The summed E-state index contributed by atoms with van der Waals surface area (Å²) in [7, 11) is -4.03. The maximum absolute atomic E-state index is 12.0. The zero-order valence-corrected chi connectivity index (χ0v) is 10.3. The molecule has 0 aliphatic rings. The van der Waals surface area contributed by atoms with Gasteiger partial charge >= 0.3 is 5.97 Å². The van der Waals surface area contributed by atoms with Gasteiger partial charge in [-0.05, 0) is 13.0 Å². The van der Waals surface area contributed by atoms with Crippen molar-refractivity contribution >= 4 is 21.5 Å². The molecule has 0 saturated heterocycles. The molecule has 0 radical (unpaired) electrons. The summed E-state index contributed by atoms with van der Waals surface area (Å²) >= 11 is 0. The molecule has 1 N–H and O–H groups in total. The molecule has 0 saturated carbocycles. The van der Waals surface area contributed by atoms with Gasteiger partial charge in [-0.15, -0.1) is 0 Å². The predicted molar refractivity (Wildman–Crippen MR) is 62.0 cm³/mol. The Morgan fingerprint density at radius 3 is 2.50 bits per heavy atom. The highest BCUT2D eigenvalue weighted by Gasteiger charge is 2.31. The molecular weight excluding hydrogens is 262 g/mol. The lowest BCUT2D eigenvalue weighted by Crippen LogP contribution is -2.22. The smallest absolute Gasteiger partial charge is 0.304 e. The standard InChI is InChI=1S/C10H11NO6S/c1-7(6-10(12)13)18(16,17)9-5-3-2-4-8(9)11(14)15/h2-5,7H,6H2,1H3,(H,12,13). The largest absolute Gasteiger partial charge is 0.481 e. The van der Waals surface area contributed by atoms with Crippen LogP contribution >= 0.6 is 0 Å². The predicted octanol–water partition coefficient (Wildman–Crippen LogP) is 1.23. The number of aliphatic carboxylic acids is 1. The highest BCUT2D eigenvalue weighted by atomic mass is 32.2. The van der Waals surface area contributed by atoms with Gasteiger partial charge in [-0.1, -0.05) is 12.1 Å². The monoisotopic (exact) mass is 273 g/mol. The summed E-state index contributed by atoms with van der Waals surface area (Å²) in [5, 5.41) is 18.1. The van der Waals surface area contributed by atoms with Gasteiger partial charge in [0.05, 0.1) is 16.6 Å². The van der Waals surface area contributed by atoms with E-state index in [9.17, 15) is 23.3 Å². The molecule has 1 atom stereocenters. The zero-order chi connectivity index (χ0) is 13.9. The Kier molecular flexibility index (Phi) is 4.02. The summed E-state index contributed by atoms with van der Waals surface area (Å²) in [5.74, 6) is -1.27. The summed E-state index contributed by atoms with van der Waals surface area (Å²) in [6.07, 6.45) is -0.603. The summed E-state index contributed by atoms with van der Waals surface area (Å²) in [5.41, 5.74) is -0.547. The number of nitro benzene ring substituents is 1. The first kappa shape index (κ1) is 14.1. The van der Waals surface area contributed by atoms with Gasteiger partial charge in [-0.3, -0.25) is 14.9 Å². The van der Waals surface area contributed by atoms with Gasteiger partial charge in [-0.25, -0.2) is 8.42 Å². The number of rotatable bonds is 5. The van der Waals surface area contributed by atoms with Crippen LogP contribution in [-0.2, 0) is 14.6 Å². The van der Waals surface area contributed by atoms with Crippen molar-refractivity contribution in [3.63, 3.8) is 0 Å². The SMILES string of the molecule is CC(CC(=O)O)S(=O)(=O)c1ccccc1[N+](=O)[O-]. The van der Waals surface area contributed by atoms with Crippen LogP contribution in [0.4, 0.5) is 5.69 Å². The number of sulfone groups is 1. The zero-order valence-electron chi connectivity index (χ0n) is 9.44. The third-order valence-electron chi connectivity index (χ3n) is 2.36. The fourth-order valence-corrected chi connectivity index (χ4v) is 2.92. The Hall–Kier alpha value is -1.96. The van der Waals surface area contributed by atoms with Gasteiger partial charge in [0, 0.05) is 6.07 Å². The van der Waals surface area contributed by atoms with Crippen molar-refractivity contribution in [3.8, 4) is 0 Å². The molecule has 1 unspecified atom stereocenters. The van der Waals surface area contributed by atoms with E-state index in [1.165, 1.54) is 19.1 Å². The van der Waals surface area contributed by atoms with Gasteiger partial charge in [-0.2, -0.15) is 0 Å². The van der Waals surface area contributed by atoms with Gasteiger partial charge in [0.1, 0.15) is 4.90 Å². The second-order valence-corrected chi connectivity index (χ2v) is 6.01. The molecule has 7 nitrogen and oxygen atoms in total. The van der Waals surface area contributed by atoms with E-state index in [1.54, 1.807) is 0 Å². The van der Waals surface area contributed by atoms with E-state index in [-0.39, 0.29) is 0 Å². The highest BCUT2D eigenvalue weighted by Crippen LogP contribution is 2.27. The summed E-state index contributed by atoms with van der Waals surface area (Å²) in [6.45, 7) is 1.21. The lowest BCUT2D eigenvalue weighted by molar-refractivity contribution is -0.387. The van der Waals surface area contributed by atoms with Gasteiger partial charge in [0.25, 0.3) is 5.69 Å². The molecule has 1 aromatic rings. The van der Waals surface area contributed by atoms with E-state index in [0.29, 0.717) is 0 Å². The minimum Gasteiger partial charge on any atom is -0.481 e. The molecule has 98 valence electrons. The maximum Gasteiger partial charge on any atom is 0.304 e. The molecule has 0 heterocycles. The molecule has 0 fully saturated rings. The van der Waals surface area contributed by atoms with Crippen molar-refractivity contribution in [2.24, 2.45) is 0 Å². The van der Waals surface area contributed by atoms with Crippen molar-refractivity contribution < 1.29 is 23.2 Å². The van der Waals surface area contributed by atoms with Crippen molar-refractivity contribution in [1.29, 1.82) is 0 Å². The molecule has 0 amide bonds. The minimum atomic E-state index is -4.03. The number of hydrogen-bond donors (Lipinski definition) is 1. The van der Waals surface area contributed by atoms with Crippen LogP contribution in [-0.4, -0.2) is 29.7 Å². The van der Waals surface area contributed by atoms with E-state index >= 15 is 0 Å². The Bertz CT molecular complexity index is 580. The van der Waals surface area contributed by atoms with Crippen LogP contribution in [0.25, 0.3) is 0 Å². The lowest BCUT2D eigenvalue weighted by atomic mass is 10.3. The minimum absolute atomic E-state index is 0.455. The Morgan fingerprint density at radius 2 is 2.00 bits per heavy atom. The van der Waals surface area contributed by atoms with Crippen LogP contribution in [0.1, 0.15) is 13.3 Å². The molecule has 0 spiro atoms. The molecule has 0 aliphatic heterocycles. The topological polar surface area (TPSA) is 115 Å². The van der Waals surface area contributed by atoms with Crippen LogP contribution in [0.5, 0.6) is 0 Å². The number of para-hydroxylation sites is 1. The molecular formula is C10H11NO6S. The number of nitro groups is 1. The van der Waals surface area contributed by atoms with Crippen LogP contribution in [0.15, 0.2) is 29.2 Å². The molecule has 1 aromatic carbocycles. The first-order valence-electron chi connectivity index (χ1n) is 4.96. The number of carboxylic acid groups (broad SMARTS) is 1. The first-order valence-corrected chi connectivity index (χ1v) is 6.50. The molecule has 18 heavy (non-hydrogen) atoms. The van der Waals surface area contributed by atoms with Crippen molar-refractivity contribution in [2.45, 2.75) is 23.5 Å². The fourth-order valence-electron chi connectivity index (χ4n) is 1.42. The van der Waals surface area contributed by atoms with Crippen molar-refractivity contribution in [2.75, 3.05) is 0 Å². The van der Waals surface area contributed by atoms with E-state index in [4.69, 9.17) is 5.11 Å². The highest BCUT2D eigenvalue weighted by molar-refractivity contribution is 7.92. The average molecular weight is 273 g/mol.